The maximum absolute atomic E-state index is 12.8. The molecule has 7 aromatic heterocycles. The highest BCUT2D eigenvalue weighted by Crippen LogP contribution is 2.39. The molecule has 4 aromatic carbocycles. The summed E-state index contributed by atoms with van der Waals surface area (Å²) in [5, 5.41) is 16.5. The summed E-state index contributed by atoms with van der Waals surface area (Å²) < 4.78 is 12.6. The lowest BCUT2D eigenvalue weighted by Gasteiger charge is -2.10. The van der Waals surface area contributed by atoms with E-state index in [4.69, 9.17) is 42.6 Å². The Morgan fingerprint density at radius 3 is 1.14 bits per heavy atom. The van der Waals surface area contributed by atoms with Crippen LogP contribution in [-0.2, 0) is 9.59 Å². The molecule has 0 aliphatic carbocycles. The molecule has 0 unspecified atom stereocenters. The lowest BCUT2D eigenvalue weighted by atomic mass is 10.0. The van der Waals surface area contributed by atoms with Gasteiger partial charge >= 0.3 is 0 Å². The summed E-state index contributed by atoms with van der Waals surface area (Å²) in [6.07, 6.45) is 26.4. The number of unbranched alkanes of at least 4 members (excludes halogenated alkanes) is 4. The van der Waals surface area contributed by atoms with Crippen LogP contribution in [0, 0.1) is 0 Å². The van der Waals surface area contributed by atoms with E-state index in [2.05, 4.69) is 124 Å². The Bertz CT molecular complexity index is 4510. The summed E-state index contributed by atoms with van der Waals surface area (Å²) in [6.45, 7) is 3.77. The van der Waals surface area contributed by atoms with E-state index in [0.717, 1.165) is 186 Å². The largest absolute Gasteiger partial charge is 0.494 e. The number of nitrogens with one attached hydrogen (secondary N) is 6. The van der Waals surface area contributed by atoms with E-state index in [9.17, 15) is 9.59 Å². The smallest absolute Gasteiger partial charge is 0.219 e. The number of hydrogen-bond donors (Lipinski definition) is 6. The molecule has 13 rings (SSSR count). The van der Waals surface area contributed by atoms with Crippen LogP contribution in [0.1, 0.15) is 87.0 Å². The van der Waals surface area contributed by atoms with Crippen LogP contribution < -0.4 is 30.7 Å². The van der Waals surface area contributed by atoms with Crippen molar-refractivity contribution in [1.29, 1.82) is 0 Å². The van der Waals surface area contributed by atoms with Crippen molar-refractivity contribution >= 4 is 115 Å². The molecule has 482 valence electrons. The fourth-order valence-electron chi connectivity index (χ4n) is 12.2. The van der Waals surface area contributed by atoms with E-state index < -0.39 is 0 Å². The number of rotatable bonds is 28. The first kappa shape index (κ1) is 64.0. The van der Waals surface area contributed by atoms with Crippen LogP contribution in [-0.4, -0.2) is 91.1 Å². The van der Waals surface area contributed by atoms with Gasteiger partial charge in [-0.05, 0) is 219 Å². The Morgan fingerprint density at radius 1 is 0.385 bits per heavy atom. The molecule has 2 aliphatic heterocycles. The standard InChI is InChI=1S/C78H72Cl2N12O4/c79-55-15-21-59-61(35-45-85-71(59)49-55)83-37-3-5-39-87-73(93)9-1-7-47-95-57-17-11-51(12-18-57)75-63-23-24-64(89-63)76(52-13-19-58(20-14-52)96-48-8-2-10-74(94)88-40-6-4-38-84-62-36-46-86-72-50-56(80)16-22-60(62)72)66-26-28-68(91-66)78(54-33-43-82-44-34-54)70-30-29-69(92-70)77(53-31-41-81-42-32-53)67-27-25-65(75)90-67/h11-36,41-46,49-50,89,92H,1-10,37-40,47-48H2,(H,83,85)(H,84,86)(H,87,93)(H,88,94). The van der Waals surface area contributed by atoms with Crippen molar-refractivity contribution in [3.8, 4) is 56.0 Å². The van der Waals surface area contributed by atoms with Crippen molar-refractivity contribution in [3.63, 3.8) is 0 Å². The summed E-state index contributed by atoms with van der Waals surface area (Å²) in [7, 11) is 0. The highest BCUT2D eigenvalue weighted by Gasteiger charge is 2.20. The minimum atomic E-state index is 0.0476. The summed E-state index contributed by atoms with van der Waals surface area (Å²) in [6, 6.07) is 48.1. The lowest BCUT2D eigenvalue weighted by Crippen LogP contribution is -2.24. The van der Waals surface area contributed by atoms with Gasteiger partial charge in [-0.2, -0.15) is 0 Å². The van der Waals surface area contributed by atoms with Crippen LogP contribution in [0.5, 0.6) is 11.5 Å². The molecule has 0 saturated heterocycles. The number of amides is 2. The van der Waals surface area contributed by atoms with Crippen LogP contribution in [0.2, 0.25) is 10.0 Å². The SMILES string of the molecule is O=C(CCCCOc1ccc(-c2c3nc(c(-c4ccncc4)c4ccc([nH]4)c(-c4ccncc4)c4nc(c(-c5ccc(OCCCCC(=O)NCCCCNc6ccnc7cc(Cl)ccc67)cc5)c5ccc2[nH]5)C=C4)C=C3)cc1)NCCCCNc1ccnc2cc(Cl)ccc12. The minimum absolute atomic E-state index is 0.0476. The quantitative estimate of drug-likeness (QED) is 0.0253. The van der Waals surface area contributed by atoms with Crippen LogP contribution in [0.25, 0.3) is 113 Å². The summed E-state index contributed by atoms with van der Waals surface area (Å²) in [5.74, 6) is 1.56. The van der Waals surface area contributed by atoms with Crippen molar-refractivity contribution in [2.24, 2.45) is 0 Å². The van der Waals surface area contributed by atoms with E-state index in [0.29, 0.717) is 62.0 Å². The number of fused-ring (bicyclic) bond motifs is 10. The maximum atomic E-state index is 12.8. The number of halogens is 2. The molecule has 0 spiro atoms. The third-order valence-corrected chi connectivity index (χ3v) is 17.5. The van der Waals surface area contributed by atoms with E-state index in [1.54, 1.807) is 37.2 Å². The second-order valence-corrected chi connectivity index (χ2v) is 24.5. The molecule has 16 nitrogen and oxygen atoms in total. The monoisotopic (exact) mass is 1310 g/mol. The predicted molar refractivity (Wildman–Crippen MR) is 390 cm³/mol. The van der Waals surface area contributed by atoms with E-state index in [-0.39, 0.29) is 11.8 Å². The first-order valence-corrected chi connectivity index (χ1v) is 33.5. The normalized spacial score (nSPS) is 11.7. The van der Waals surface area contributed by atoms with Gasteiger partial charge in [0.15, 0.2) is 0 Å². The molecule has 6 N–H and O–H groups in total. The third-order valence-electron chi connectivity index (χ3n) is 17.0. The van der Waals surface area contributed by atoms with Gasteiger partial charge in [-0.25, -0.2) is 9.97 Å². The van der Waals surface area contributed by atoms with Crippen molar-refractivity contribution in [2.45, 2.75) is 64.2 Å². The zero-order chi connectivity index (χ0) is 65.4. The lowest BCUT2D eigenvalue weighted by molar-refractivity contribution is -0.122. The molecule has 0 saturated carbocycles. The Labute approximate surface area is 566 Å². The van der Waals surface area contributed by atoms with Crippen LogP contribution in [0.4, 0.5) is 11.4 Å². The molecule has 8 bridgehead atoms. The third kappa shape index (κ3) is 15.8. The fourth-order valence-corrected chi connectivity index (χ4v) is 12.5. The van der Waals surface area contributed by atoms with Gasteiger partial charge in [-0.15, -0.1) is 0 Å². The number of aromatic nitrogens is 8. The highest BCUT2D eigenvalue weighted by atomic mass is 35.5. The van der Waals surface area contributed by atoms with Gasteiger partial charge in [0.05, 0.1) is 47.0 Å². The number of benzene rings is 4. The van der Waals surface area contributed by atoms with Crippen molar-refractivity contribution in [3.05, 3.63) is 216 Å². The van der Waals surface area contributed by atoms with Crippen molar-refractivity contribution < 1.29 is 19.1 Å². The molecule has 9 heterocycles. The van der Waals surface area contributed by atoms with Crippen LogP contribution >= 0.6 is 23.2 Å². The second kappa shape index (κ2) is 31.0. The number of carbonyl (C=O) groups excluding carboxylic acids is 2. The first-order valence-electron chi connectivity index (χ1n) is 32.8. The zero-order valence-electron chi connectivity index (χ0n) is 53.0. The fraction of sp³-hybridized carbons (Fsp3) is 0.205. The molecule has 0 atom stereocenters. The maximum Gasteiger partial charge on any atom is 0.219 e. The number of ether oxygens (including phenoxy) is 2. The Morgan fingerprint density at radius 2 is 0.750 bits per heavy atom. The molecule has 18 heteroatoms. The number of aromatic amines is 2. The number of hydrogen-bond acceptors (Lipinski definition) is 12. The van der Waals surface area contributed by atoms with Gasteiger partial charge in [0, 0.05) is 153 Å². The number of pyridine rings is 4. The summed E-state index contributed by atoms with van der Waals surface area (Å²) in [5.41, 5.74) is 17.8. The molecule has 2 aliphatic rings. The predicted octanol–water partition coefficient (Wildman–Crippen LogP) is 17.6. The number of nitrogens with zero attached hydrogens (tertiary/aromatic N) is 6. The number of H-pyrrole nitrogens is 2. The van der Waals surface area contributed by atoms with Gasteiger partial charge in [0.2, 0.25) is 11.8 Å². The Kier molecular flexibility index (Phi) is 20.7. The summed E-state index contributed by atoms with van der Waals surface area (Å²) >= 11 is 12.3. The molecule has 0 fully saturated rings. The molecule has 2 amide bonds. The minimum Gasteiger partial charge on any atom is -0.494 e. The van der Waals surface area contributed by atoms with Crippen LogP contribution in [0.3, 0.4) is 0 Å². The number of anilines is 2. The average molecular weight is 1310 g/mol. The highest BCUT2D eigenvalue weighted by molar-refractivity contribution is 6.31. The van der Waals surface area contributed by atoms with E-state index >= 15 is 0 Å². The van der Waals surface area contributed by atoms with Crippen molar-refractivity contribution in [1.82, 2.24) is 50.5 Å². The van der Waals surface area contributed by atoms with Gasteiger partial charge < -0.3 is 40.7 Å². The zero-order valence-corrected chi connectivity index (χ0v) is 54.5. The van der Waals surface area contributed by atoms with Gasteiger partial charge in [-0.1, -0.05) is 47.5 Å². The summed E-state index contributed by atoms with van der Waals surface area (Å²) in [4.78, 5) is 61.7. The van der Waals surface area contributed by atoms with E-state index in [1.165, 1.54) is 0 Å². The van der Waals surface area contributed by atoms with Gasteiger partial charge in [0.25, 0.3) is 0 Å². The molecule has 96 heavy (non-hydrogen) atoms. The van der Waals surface area contributed by atoms with Gasteiger partial charge in [0.1, 0.15) is 11.5 Å². The topological polar surface area (TPSA) is 210 Å². The van der Waals surface area contributed by atoms with E-state index in [1.807, 2.05) is 97.1 Å². The van der Waals surface area contributed by atoms with Gasteiger partial charge in [-0.3, -0.25) is 29.5 Å². The molecule has 11 aromatic rings. The number of carbonyl (C=O) groups is 2. The second-order valence-electron chi connectivity index (χ2n) is 23.6. The van der Waals surface area contributed by atoms with Crippen molar-refractivity contribution in [2.75, 3.05) is 50.0 Å². The Balaban J connectivity index is 0.694. The molecular formula is C78H72Cl2N12O4. The molecule has 0 radical (unpaired) electrons. The average Bonchev–Trinajstić information content (AvgIpc) is 1.63. The Hall–Kier alpha value is -10.7. The first-order chi connectivity index (χ1) is 47.2. The molecular weight excluding hydrogens is 1240 g/mol. The van der Waals surface area contributed by atoms with Crippen LogP contribution in [0.15, 0.2) is 183 Å².